The van der Waals surface area contributed by atoms with Crippen molar-refractivity contribution in [1.82, 2.24) is 10.3 Å². The van der Waals surface area contributed by atoms with Crippen molar-refractivity contribution in [3.05, 3.63) is 36.7 Å². The van der Waals surface area contributed by atoms with E-state index in [4.69, 9.17) is 0 Å². The number of hydrogen-bond acceptors (Lipinski definition) is 3. The van der Waals surface area contributed by atoms with Gasteiger partial charge in [-0.2, -0.15) is 0 Å². The molecule has 20 heavy (non-hydrogen) atoms. The van der Waals surface area contributed by atoms with Crippen LogP contribution in [0.5, 0.6) is 0 Å². The molecule has 1 atom stereocenters. The second-order valence-corrected chi connectivity index (χ2v) is 5.53. The van der Waals surface area contributed by atoms with Crippen LogP contribution in [-0.2, 0) is 0 Å². The monoisotopic (exact) mass is 273 g/mol. The molecule has 1 heterocycles. The van der Waals surface area contributed by atoms with E-state index in [0.29, 0.717) is 12.1 Å². The van der Waals surface area contributed by atoms with Crippen molar-refractivity contribution in [2.24, 2.45) is 0 Å². The van der Waals surface area contributed by atoms with Gasteiger partial charge in [0.05, 0.1) is 17.6 Å². The topological polar surface area (TPSA) is 28.2 Å². The van der Waals surface area contributed by atoms with Crippen molar-refractivity contribution >= 4 is 5.69 Å². The quantitative estimate of drug-likeness (QED) is 0.696. The van der Waals surface area contributed by atoms with Crippen molar-refractivity contribution in [2.45, 2.75) is 51.6 Å². The van der Waals surface area contributed by atoms with Crippen LogP contribution in [0.3, 0.4) is 0 Å². The van der Waals surface area contributed by atoms with E-state index in [-0.39, 0.29) is 0 Å². The average molecular weight is 273 g/mol. The van der Waals surface area contributed by atoms with Crippen molar-refractivity contribution in [2.75, 3.05) is 18.0 Å². The summed E-state index contributed by atoms with van der Waals surface area (Å²) in [6.45, 7) is 10.2. The molecule has 1 saturated carbocycles. The maximum Gasteiger partial charge on any atom is 0.0574 e. The molecule has 0 bridgehead atoms. The van der Waals surface area contributed by atoms with Crippen molar-refractivity contribution in [3.63, 3.8) is 0 Å². The predicted molar refractivity (Wildman–Crippen MR) is 86.1 cm³/mol. The smallest absolute Gasteiger partial charge is 0.0574 e. The van der Waals surface area contributed by atoms with E-state index in [1.165, 1.54) is 18.5 Å². The Kier molecular flexibility index (Phi) is 5.60. The first-order valence-corrected chi connectivity index (χ1v) is 7.87. The number of aromatic nitrogens is 1. The van der Waals surface area contributed by atoms with Gasteiger partial charge >= 0.3 is 0 Å². The van der Waals surface area contributed by atoms with E-state index in [2.05, 4.69) is 47.8 Å². The highest BCUT2D eigenvalue weighted by molar-refractivity contribution is 5.48. The minimum Gasteiger partial charge on any atom is -0.364 e. The molecule has 1 aromatic heterocycles. The Morgan fingerprint density at radius 2 is 2.25 bits per heavy atom. The SMILES string of the molecule is C=CCN(c1ccc(C(CC)NCCC)nc1)C1CC1. The summed E-state index contributed by atoms with van der Waals surface area (Å²) in [5.74, 6) is 0. The van der Waals surface area contributed by atoms with Crippen molar-refractivity contribution in [1.29, 1.82) is 0 Å². The van der Waals surface area contributed by atoms with Crippen LogP contribution in [0.1, 0.15) is 51.3 Å². The summed E-state index contributed by atoms with van der Waals surface area (Å²) in [7, 11) is 0. The van der Waals surface area contributed by atoms with Gasteiger partial charge < -0.3 is 10.2 Å². The third kappa shape index (κ3) is 3.83. The van der Waals surface area contributed by atoms with Gasteiger partial charge in [-0.15, -0.1) is 6.58 Å². The molecule has 0 amide bonds. The Bertz CT molecular complexity index is 409. The molecule has 1 aromatic rings. The maximum atomic E-state index is 4.68. The lowest BCUT2D eigenvalue weighted by Crippen LogP contribution is -2.26. The fraction of sp³-hybridized carbons (Fsp3) is 0.588. The van der Waals surface area contributed by atoms with Gasteiger partial charge in [-0.05, 0) is 44.4 Å². The van der Waals surface area contributed by atoms with E-state index in [1.807, 2.05) is 12.3 Å². The average Bonchev–Trinajstić information content (AvgIpc) is 3.31. The zero-order chi connectivity index (χ0) is 14.4. The summed E-state index contributed by atoms with van der Waals surface area (Å²) in [6.07, 6.45) is 8.82. The van der Waals surface area contributed by atoms with Gasteiger partial charge in [-0.25, -0.2) is 0 Å². The fourth-order valence-electron chi connectivity index (χ4n) is 2.54. The summed E-state index contributed by atoms with van der Waals surface area (Å²) in [5, 5.41) is 3.55. The van der Waals surface area contributed by atoms with Gasteiger partial charge in [-0.1, -0.05) is 19.9 Å². The van der Waals surface area contributed by atoms with Crippen LogP contribution in [0.4, 0.5) is 5.69 Å². The largest absolute Gasteiger partial charge is 0.364 e. The summed E-state index contributed by atoms with van der Waals surface area (Å²) in [6, 6.07) is 5.45. The Morgan fingerprint density at radius 3 is 2.75 bits per heavy atom. The predicted octanol–water partition coefficient (Wildman–Crippen LogP) is 3.69. The van der Waals surface area contributed by atoms with E-state index >= 15 is 0 Å². The molecule has 1 aliphatic rings. The van der Waals surface area contributed by atoms with Crippen molar-refractivity contribution in [3.8, 4) is 0 Å². The molecule has 1 unspecified atom stereocenters. The number of hydrogen-bond donors (Lipinski definition) is 1. The van der Waals surface area contributed by atoms with Gasteiger partial charge in [0.25, 0.3) is 0 Å². The summed E-state index contributed by atoms with van der Waals surface area (Å²) in [4.78, 5) is 7.08. The Labute approximate surface area is 123 Å². The third-order valence-corrected chi connectivity index (χ3v) is 3.82. The highest BCUT2D eigenvalue weighted by Gasteiger charge is 2.28. The summed E-state index contributed by atoms with van der Waals surface area (Å²) < 4.78 is 0. The summed E-state index contributed by atoms with van der Waals surface area (Å²) >= 11 is 0. The highest BCUT2D eigenvalue weighted by Crippen LogP contribution is 2.31. The van der Waals surface area contributed by atoms with Gasteiger partial charge in [0.1, 0.15) is 0 Å². The molecule has 3 nitrogen and oxygen atoms in total. The molecule has 3 heteroatoms. The first-order chi connectivity index (χ1) is 9.80. The Hall–Kier alpha value is -1.35. The lowest BCUT2D eigenvalue weighted by atomic mass is 10.1. The fourth-order valence-corrected chi connectivity index (χ4v) is 2.54. The van der Waals surface area contributed by atoms with Crippen LogP contribution in [-0.4, -0.2) is 24.1 Å². The number of pyridine rings is 1. The van der Waals surface area contributed by atoms with E-state index in [0.717, 1.165) is 31.6 Å². The highest BCUT2D eigenvalue weighted by atomic mass is 15.2. The molecule has 0 spiro atoms. The number of nitrogens with zero attached hydrogens (tertiary/aromatic N) is 2. The van der Waals surface area contributed by atoms with Crippen LogP contribution in [0.2, 0.25) is 0 Å². The van der Waals surface area contributed by atoms with Crippen molar-refractivity contribution < 1.29 is 0 Å². The zero-order valence-corrected chi connectivity index (χ0v) is 12.8. The second kappa shape index (κ2) is 7.44. The van der Waals surface area contributed by atoms with Crippen LogP contribution < -0.4 is 10.2 Å². The molecule has 1 N–H and O–H groups in total. The number of nitrogens with one attached hydrogen (secondary N) is 1. The molecule has 0 radical (unpaired) electrons. The zero-order valence-electron chi connectivity index (χ0n) is 12.8. The lowest BCUT2D eigenvalue weighted by molar-refractivity contribution is 0.507. The molecule has 0 aliphatic heterocycles. The Morgan fingerprint density at radius 1 is 1.45 bits per heavy atom. The number of anilines is 1. The minimum absolute atomic E-state index is 0.373. The minimum atomic E-state index is 0.373. The van der Waals surface area contributed by atoms with Crippen LogP contribution in [0, 0.1) is 0 Å². The summed E-state index contributed by atoms with van der Waals surface area (Å²) in [5.41, 5.74) is 2.38. The molecule has 0 aromatic carbocycles. The lowest BCUT2D eigenvalue weighted by Gasteiger charge is -2.23. The van der Waals surface area contributed by atoms with Gasteiger partial charge in [0.2, 0.25) is 0 Å². The van der Waals surface area contributed by atoms with Gasteiger partial charge in [0, 0.05) is 18.6 Å². The molecule has 2 rings (SSSR count). The van der Waals surface area contributed by atoms with E-state index in [9.17, 15) is 0 Å². The molecule has 110 valence electrons. The normalized spacial score (nSPS) is 15.9. The van der Waals surface area contributed by atoms with Crippen LogP contribution in [0.25, 0.3) is 0 Å². The number of rotatable bonds is 9. The molecule has 0 saturated heterocycles. The Balaban J connectivity index is 2.05. The van der Waals surface area contributed by atoms with Crippen LogP contribution >= 0.6 is 0 Å². The molecule has 1 aliphatic carbocycles. The molecule has 1 fully saturated rings. The standard InChI is InChI=1S/C17H27N3/c1-4-11-18-16(6-3)17-10-9-15(13-19-17)20(12-5-2)14-7-8-14/h5,9-10,13-14,16,18H,2,4,6-8,11-12H2,1,3H3. The first kappa shape index (κ1) is 15.0. The van der Waals surface area contributed by atoms with E-state index < -0.39 is 0 Å². The first-order valence-electron chi connectivity index (χ1n) is 7.87. The second-order valence-electron chi connectivity index (χ2n) is 5.53. The van der Waals surface area contributed by atoms with Gasteiger partial charge in [0.15, 0.2) is 0 Å². The molecular formula is C17H27N3. The molecular weight excluding hydrogens is 246 g/mol. The maximum absolute atomic E-state index is 4.68. The third-order valence-electron chi connectivity index (χ3n) is 3.82. The van der Waals surface area contributed by atoms with Crippen LogP contribution in [0.15, 0.2) is 31.0 Å². The van der Waals surface area contributed by atoms with E-state index in [1.54, 1.807) is 0 Å². The van der Waals surface area contributed by atoms with Gasteiger partial charge in [-0.3, -0.25) is 4.98 Å².